The Morgan fingerprint density at radius 1 is 0.607 bits per heavy atom. The number of nitrogens with one attached hydrogen (secondary N) is 2. The topological polar surface area (TPSA) is 64.7 Å². The summed E-state index contributed by atoms with van der Waals surface area (Å²) in [5, 5.41) is 7.41. The van der Waals surface area contributed by atoms with Gasteiger partial charge in [-0.15, -0.1) is 0 Å². The average molecular weight is 755 g/mol. The molecule has 0 aromatic heterocycles. The molecule has 2 aromatic carbocycles. The number of hydrogen-bond acceptors (Lipinski definition) is 4. The molecule has 6 heteroatoms. The smallest absolute Gasteiger partial charge is 0.228 e. The molecular formula is C50H66N4O2. The largest absolute Gasteiger partial charge is 0.350 e. The van der Waals surface area contributed by atoms with Crippen molar-refractivity contribution in [1.29, 1.82) is 0 Å². The molecule has 15 rings (SSSR count). The Morgan fingerprint density at radius 3 is 1.82 bits per heavy atom. The molecule has 10 bridgehead atoms. The van der Waals surface area contributed by atoms with E-state index in [4.69, 9.17) is 0 Å². The standard InChI is InChI=1S/C50H66N4O2/c1-42-22-36-23-45(25-42,30-46(24-36,26-42)41(56)54-34-44(35-54)12-17-51-18-13-44)38-8-10-39(11-9-38)48-28-43(2)27-47(31-48,37-6-4-3-5-7-37)32-49(29-43,33-48)40(55)52-50-14-19-53(20-15-50)21-16-50/h3-11,36,51H,12-35H2,1-2H3,(H,52,55)/t36?,42-,43+,45-,46?,47+,48?,49?/m1/s1. The normalized spacial score (nSPS) is 47.6. The van der Waals surface area contributed by atoms with Gasteiger partial charge < -0.3 is 20.4 Å². The number of fused-ring (bicyclic) bond motifs is 3. The van der Waals surface area contributed by atoms with E-state index in [-0.39, 0.29) is 43.4 Å². The highest BCUT2D eigenvalue weighted by atomic mass is 16.2. The van der Waals surface area contributed by atoms with Gasteiger partial charge in [-0.3, -0.25) is 9.59 Å². The van der Waals surface area contributed by atoms with Crippen molar-refractivity contribution in [2.75, 3.05) is 45.8 Å². The molecule has 2 N–H and O–H groups in total. The van der Waals surface area contributed by atoms with Crippen LogP contribution in [0.1, 0.15) is 140 Å². The zero-order valence-electron chi connectivity index (χ0n) is 34.5. The number of hydrogen-bond donors (Lipinski definition) is 2. The van der Waals surface area contributed by atoms with E-state index in [1.165, 1.54) is 61.6 Å². The van der Waals surface area contributed by atoms with Crippen molar-refractivity contribution in [1.82, 2.24) is 20.4 Å². The highest BCUT2D eigenvalue weighted by Crippen LogP contribution is 2.75. The zero-order valence-corrected chi connectivity index (χ0v) is 34.5. The Labute approximate surface area is 335 Å². The van der Waals surface area contributed by atoms with Gasteiger partial charge in [-0.25, -0.2) is 0 Å². The van der Waals surface area contributed by atoms with Crippen LogP contribution in [0.25, 0.3) is 0 Å². The Hall–Kier alpha value is -2.70. The van der Waals surface area contributed by atoms with Crippen molar-refractivity contribution in [3.05, 3.63) is 71.3 Å². The highest BCUT2D eigenvalue weighted by Gasteiger charge is 2.71. The van der Waals surface area contributed by atoms with E-state index in [1.54, 1.807) is 0 Å². The Morgan fingerprint density at radius 2 is 1.18 bits per heavy atom. The Balaban J connectivity index is 0.878. The summed E-state index contributed by atoms with van der Waals surface area (Å²) >= 11 is 0. The second-order valence-corrected chi connectivity index (χ2v) is 23.8. The van der Waals surface area contributed by atoms with Gasteiger partial charge in [0.2, 0.25) is 11.8 Å². The summed E-state index contributed by atoms with van der Waals surface area (Å²) in [5.74, 6) is 1.54. The van der Waals surface area contributed by atoms with E-state index < -0.39 is 0 Å². The minimum absolute atomic E-state index is 0.0115. The van der Waals surface area contributed by atoms with Crippen LogP contribution in [0.15, 0.2) is 54.6 Å². The van der Waals surface area contributed by atoms with Crippen LogP contribution in [0, 0.1) is 33.0 Å². The van der Waals surface area contributed by atoms with E-state index >= 15 is 4.79 Å². The summed E-state index contributed by atoms with van der Waals surface area (Å²) in [5.41, 5.74) is 4.72. The third-order valence-electron chi connectivity index (χ3n) is 19.2. The first-order valence-electron chi connectivity index (χ1n) is 23.0. The van der Waals surface area contributed by atoms with Gasteiger partial charge in [0.05, 0.1) is 10.8 Å². The number of piperidine rings is 4. The van der Waals surface area contributed by atoms with Crippen molar-refractivity contribution in [2.45, 2.75) is 145 Å². The van der Waals surface area contributed by atoms with Gasteiger partial charge in [0.25, 0.3) is 0 Å². The number of nitrogens with zero attached hydrogens (tertiary/aromatic N) is 2. The van der Waals surface area contributed by atoms with Crippen LogP contribution in [0.3, 0.4) is 0 Å². The lowest BCUT2D eigenvalue weighted by Crippen LogP contribution is -2.69. The summed E-state index contributed by atoms with van der Waals surface area (Å²) in [7, 11) is 0. The lowest BCUT2D eigenvalue weighted by atomic mass is 9.33. The van der Waals surface area contributed by atoms with Crippen LogP contribution in [0.5, 0.6) is 0 Å². The van der Waals surface area contributed by atoms with Crippen molar-refractivity contribution in [2.24, 2.45) is 33.0 Å². The fourth-order valence-electron chi connectivity index (χ4n) is 18.4. The van der Waals surface area contributed by atoms with Crippen molar-refractivity contribution < 1.29 is 9.59 Å². The molecule has 8 saturated carbocycles. The van der Waals surface area contributed by atoms with Gasteiger partial charge in [0, 0.05) is 43.7 Å². The Kier molecular flexibility index (Phi) is 7.12. The summed E-state index contributed by atoms with van der Waals surface area (Å²) in [6.07, 6.45) is 19.3. The second kappa shape index (κ2) is 11.3. The van der Waals surface area contributed by atoms with Gasteiger partial charge >= 0.3 is 0 Å². The number of carbonyl (C=O) groups is 2. The number of carbonyl (C=O) groups excluding carboxylic acids is 2. The molecule has 2 amide bonds. The molecule has 8 atom stereocenters. The van der Waals surface area contributed by atoms with Crippen LogP contribution in [-0.2, 0) is 25.8 Å². The molecule has 8 aliphatic carbocycles. The van der Waals surface area contributed by atoms with Crippen LogP contribution < -0.4 is 10.6 Å². The second-order valence-electron chi connectivity index (χ2n) is 23.8. The first kappa shape index (κ1) is 35.3. The number of rotatable bonds is 6. The van der Waals surface area contributed by atoms with E-state index in [0.29, 0.717) is 23.1 Å². The van der Waals surface area contributed by atoms with Crippen molar-refractivity contribution in [3.8, 4) is 0 Å². The van der Waals surface area contributed by atoms with E-state index in [2.05, 4.69) is 88.9 Å². The van der Waals surface area contributed by atoms with Crippen LogP contribution in [-0.4, -0.2) is 73.0 Å². The fourth-order valence-corrected chi connectivity index (χ4v) is 18.4. The lowest BCUT2D eigenvalue weighted by molar-refractivity contribution is -0.182. The number of likely N-dealkylation sites (tertiary alicyclic amines) is 1. The van der Waals surface area contributed by atoms with Crippen LogP contribution >= 0.6 is 0 Å². The monoisotopic (exact) mass is 755 g/mol. The van der Waals surface area contributed by atoms with Crippen LogP contribution in [0.2, 0.25) is 0 Å². The third kappa shape index (κ3) is 4.99. The van der Waals surface area contributed by atoms with E-state index in [9.17, 15) is 4.79 Å². The molecule has 13 aliphatic rings. The molecule has 0 radical (unpaired) electrons. The van der Waals surface area contributed by atoms with Crippen LogP contribution in [0.4, 0.5) is 0 Å². The lowest BCUT2D eigenvalue weighted by Gasteiger charge is -2.70. The van der Waals surface area contributed by atoms with Gasteiger partial charge in [0.1, 0.15) is 0 Å². The SMILES string of the molecule is C[C@]12CC3CC(C(=O)N4CC5(CCNCC5)C4)(C1)C[C@@](c1ccc(C45CC6(C(=O)NC78CCN(CC7)CC8)C[C@](C)(C4)C[C@@](c4ccccc4)(C6)C5)cc1)(C3)C2. The molecule has 298 valence electrons. The zero-order chi connectivity index (χ0) is 37.9. The quantitative estimate of drug-likeness (QED) is 0.314. The van der Waals surface area contributed by atoms with Crippen molar-refractivity contribution in [3.63, 3.8) is 0 Å². The Bertz CT molecular complexity index is 1950. The first-order chi connectivity index (χ1) is 26.8. The predicted octanol–water partition coefficient (Wildman–Crippen LogP) is 8.03. The molecule has 5 saturated heterocycles. The highest BCUT2D eigenvalue weighted by molar-refractivity contribution is 5.85. The number of amides is 2. The maximum absolute atomic E-state index is 15.2. The third-order valence-corrected chi connectivity index (χ3v) is 19.2. The molecule has 5 aliphatic heterocycles. The molecule has 56 heavy (non-hydrogen) atoms. The maximum atomic E-state index is 15.2. The van der Waals surface area contributed by atoms with Gasteiger partial charge in [-0.05, 0) is 172 Å². The molecule has 4 unspecified atom stereocenters. The molecular weight excluding hydrogens is 689 g/mol. The minimum atomic E-state index is -0.341. The predicted molar refractivity (Wildman–Crippen MR) is 220 cm³/mol. The van der Waals surface area contributed by atoms with E-state index in [1.807, 2.05) is 0 Å². The summed E-state index contributed by atoms with van der Waals surface area (Å²) in [6, 6.07) is 21.5. The van der Waals surface area contributed by atoms with E-state index in [0.717, 1.165) is 110 Å². The summed E-state index contributed by atoms with van der Waals surface area (Å²) in [6.45, 7) is 12.7. The molecule has 2 aromatic rings. The molecule has 1 spiro atoms. The fraction of sp³-hybridized carbons (Fsp3) is 0.720. The minimum Gasteiger partial charge on any atom is -0.350 e. The molecule has 6 nitrogen and oxygen atoms in total. The van der Waals surface area contributed by atoms with Gasteiger partial charge in [0.15, 0.2) is 0 Å². The van der Waals surface area contributed by atoms with Crippen molar-refractivity contribution >= 4 is 11.8 Å². The van der Waals surface area contributed by atoms with Gasteiger partial charge in [-0.1, -0.05) is 68.4 Å². The summed E-state index contributed by atoms with van der Waals surface area (Å²) < 4.78 is 0. The summed E-state index contributed by atoms with van der Waals surface area (Å²) in [4.78, 5) is 34.8. The molecule has 13 fully saturated rings. The first-order valence-corrected chi connectivity index (χ1v) is 23.0. The maximum Gasteiger partial charge on any atom is 0.228 e. The number of benzene rings is 2. The average Bonchev–Trinajstić information content (AvgIpc) is 3.16. The van der Waals surface area contributed by atoms with Gasteiger partial charge in [-0.2, -0.15) is 0 Å². The molecule has 5 heterocycles.